The largest absolute Gasteiger partial charge is 0.465 e. The highest BCUT2D eigenvalue weighted by atomic mass is 32.2. The molecule has 1 heterocycles. The normalized spacial score (nSPS) is 16.4. The van der Waals surface area contributed by atoms with Crippen LogP contribution in [0.3, 0.4) is 0 Å². The van der Waals surface area contributed by atoms with E-state index in [0.29, 0.717) is 45.4 Å². The van der Waals surface area contributed by atoms with E-state index in [2.05, 4.69) is 37.4 Å². The number of piperidine rings is 1. The highest BCUT2D eigenvalue weighted by molar-refractivity contribution is 7.89. The summed E-state index contributed by atoms with van der Waals surface area (Å²) in [7, 11) is -3.58. The molecule has 0 saturated carbocycles. The van der Waals surface area contributed by atoms with Crippen molar-refractivity contribution in [2.45, 2.75) is 58.3 Å². The summed E-state index contributed by atoms with van der Waals surface area (Å²) in [6.07, 6.45) is 1.10. The monoisotopic (exact) mass is 474 g/mol. The van der Waals surface area contributed by atoms with Crippen molar-refractivity contribution >= 4 is 16.1 Å². The Morgan fingerprint density at radius 2 is 1.85 bits per heavy atom. The van der Waals surface area contributed by atoms with Gasteiger partial charge in [-0.05, 0) is 56.2 Å². The van der Waals surface area contributed by atoms with Crippen LogP contribution in [0.15, 0.2) is 48.5 Å². The lowest BCUT2D eigenvalue weighted by Crippen LogP contribution is -2.47. The number of nitrogens with zero attached hydrogens (tertiary/aromatic N) is 1. The van der Waals surface area contributed by atoms with Crippen LogP contribution in [0.2, 0.25) is 0 Å². The molecule has 1 amide bonds. The van der Waals surface area contributed by atoms with E-state index in [1.807, 2.05) is 30.3 Å². The maximum atomic E-state index is 13.0. The first kappa shape index (κ1) is 25.2. The van der Waals surface area contributed by atoms with E-state index in [-0.39, 0.29) is 11.9 Å². The number of aryl methyl sites for hydroxylation is 3. The number of hydrogen-bond donors (Lipinski definition) is 2. The van der Waals surface area contributed by atoms with E-state index in [0.717, 1.165) is 11.1 Å². The third-order valence-corrected chi connectivity index (χ3v) is 8.11. The van der Waals surface area contributed by atoms with E-state index >= 15 is 0 Å². The van der Waals surface area contributed by atoms with Crippen molar-refractivity contribution in [3.8, 4) is 0 Å². The van der Waals surface area contributed by atoms with Gasteiger partial charge >= 0.3 is 6.09 Å². The van der Waals surface area contributed by atoms with E-state index in [1.54, 1.807) is 0 Å². The molecule has 1 aliphatic rings. The molecule has 2 aromatic carbocycles. The van der Waals surface area contributed by atoms with Crippen molar-refractivity contribution in [3.63, 3.8) is 0 Å². The number of carbonyl (C=O) groups is 1. The predicted octanol–water partition coefficient (Wildman–Crippen LogP) is 3.88. The number of hydrogen-bond acceptors (Lipinski definition) is 4. The molecular formula is C25H34N2O5S. The SMILES string of the molecule is Cc1ccc(C)c(COC2CCN(S(=O)(=O)CC(CCc3ccccc3)NC(=O)O)CC2)c1. The number of sulfonamides is 1. The molecule has 33 heavy (non-hydrogen) atoms. The zero-order valence-electron chi connectivity index (χ0n) is 19.4. The molecule has 0 spiro atoms. The van der Waals surface area contributed by atoms with Crippen LogP contribution >= 0.6 is 0 Å². The van der Waals surface area contributed by atoms with Gasteiger partial charge in [-0.2, -0.15) is 0 Å². The first-order chi connectivity index (χ1) is 15.7. The topological polar surface area (TPSA) is 95.9 Å². The van der Waals surface area contributed by atoms with E-state index in [4.69, 9.17) is 4.74 Å². The highest BCUT2D eigenvalue weighted by Crippen LogP contribution is 2.21. The number of ether oxygens (including phenoxy) is 1. The van der Waals surface area contributed by atoms with Gasteiger partial charge in [0.2, 0.25) is 10.0 Å². The number of benzene rings is 2. The van der Waals surface area contributed by atoms with Gasteiger partial charge in [-0.3, -0.25) is 0 Å². The second-order valence-corrected chi connectivity index (χ2v) is 10.8. The van der Waals surface area contributed by atoms with Gasteiger partial charge in [0.15, 0.2) is 0 Å². The lowest BCUT2D eigenvalue weighted by molar-refractivity contribution is 0.00996. The van der Waals surface area contributed by atoms with Crippen molar-refractivity contribution in [1.29, 1.82) is 0 Å². The van der Waals surface area contributed by atoms with E-state index in [1.165, 1.54) is 15.4 Å². The van der Waals surface area contributed by atoms with Crippen LogP contribution in [-0.2, 0) is 27.8 Å². The van der Waals surface area contributed by atoms with Crippen molar-refractivity contribution in [2.24, 2.45) is 0 Å². The molecule has 0 bridgehead atoms. The van der Waals surface area contributed by atoms with E-state index < -0.39 is 22.2 Å². The van der Waals surface area contributed by atoms with Crippen LogP contribution in [-0.4, -0.2) is 54.9 Å². The molecule has 1 aliphatic heterocycles. The number of amides is 1. The van der Waals surface area contributed by atoms with Gasteiger partial charge in [-0.1, -0.05) is 54.1 Å². The van der Waals surface area contributed by atoms with Crippen LogP contribution in [0, 0.1) is 13.8 Å². The molecule has 1 atom stereocenters. The third kappa shape index (κ3) is 7.84. The summed E-state index contributed by atoms with van der Waals surface area (Å²) in [5.41, 5.74) is 4.59. The number of carboxylic acid groups (broad SMARTS) is 1. The second kappa shape index (κ2) is 11.6. The maximum absolute atomic E-state index is 13.0. The minimum absolute atomic E-state index is 0.0161. The average molecular weight is 475 g/mol. The number of rotatable bonds is 10. The molecule has 0 aliphatic carbocycles. The molecule has 8 heteroatoms. The maximum Gasteiger partial charge on any atom is 0.404 e. The zero-order chi connectivity index (χ0) is 23.8. The van der Waals surface area contributed by atoms with Crippen LogP contribution in [0.25, 0.3) is 0 Å². The van der Waals surface area contributed by atoms with Crippen LogP contribution in [0.4, 0.5) is 4.79 Å². The summed E-state index contributed by atoms with van der Waals surface area (Å²) in [5.74, 6) is -0.236. The lowest BCUT2D eigenvalue weighted by atomic mass is 10.1. The van der Waals surface area contributed by atoms with Crippen molar-refractivity contribution in [2.75, 3.05) is 18.8 Å². The Balaban J connectivity index is 1.51. The first-order valence-corrected chi connectivity index (χ1v) is 13.0. The Kier molecular flexibility index (Phi) is 8.88. The summed E-state index contributed by atoms with van der Waals surface area (Å²) in [5, 5.41) is 11.6. The van der Waals surface area contributed by atoms with Gasteiger partial charge in [-0.15, -0.1) is 0 Å². The highest BCUT2D eigenvalue weighted by Gasteiger charge is 2.31. The quantitative estimate of drug-likeness (QED) is 0.545. The standard InChI is InChI=1S/C25H34N2O5S/c1-19-8-9-20(2)22(16-19)17-32-24-12-14-27(15-13-24)33(30,31)18-23(26-25(28)29)11-10-21-6-4-3-5-7-21/h3-9,16,23-24,26H,10-15,17-18H2,1-2H3,(H,28,29). The molecule has 0 radical (unpaired) electrons. The smallest absolute Gasteiger partial charge is 0.404 e. The van der Waals surface area contributed by atoms with Crippen LogP contribution in [0.1, 0.15) is 41.5 Å². The Bertz CT molecular complexity index is 1020. The van der Waals surface area contributed by atoms with Crippen molar-refractivity contribution < 1.29 is 23.1 Å². The molecule has 2 N–H and O–H groups in total. The summed E-state index contributed by atoms with van der Waals surface area (Å²) in [6, 6.07) is 15.3. The van der Waals surface area contributed by atoms with Crippen LogP contribution in [0.5, 0.6) is 0 Å². The molecule has 1 unspecified atom stereocenters. The van der Waals surface area contributed by atoms with Gasteiger partial charge in [0, 0.05) is 19.1 Å². The fourth-order valence-corrected chi connectivity index (χ4v) is 5.89. The molecule has 0 aromatic heterocycles. The van der Waals surface area contributed by atoms with Crippen molar-refractivity contribution in [3.05, 3.63) is 70.8 Å². The lowest BCUT2D eigenvalue weighted by Gasteiger charge is -2.32. The molecule has 180 valence electrons. The number of nitrogens with one attached hydrogen (secondary N) is 1. The zero-order valence-corrected chi connectivity index (χ0v) is 20.2. The fraction of sp³-hybridized carbons (Fsp3) is 0.480. The van der Waals surface area contributed by atoms with Crippen molar-refractivity contribution in [1.82, 2.24) is 9.62 Å². The van der Waals surface area contributed by atoms with Gasteiger partial charge in [0.25, 0.3) is 0 Å². The van der Waals surface area contributed by atoms with Gasteiger partial charge in [0.1, 0.15) is 0 Å². The van der Waals surface area contributed by atoms with Gasteiger partial charge in [-0.25, -0.2) is 17.5 Å². The molecule has 7 nitrogen and oxygen atoms in total. The molecule has 2 aromatic rings. The minimum atomic E-state index is -3.58. The Morgan fingerprint density at radius 3 is 2.52 bits per heavy atom. The molecular weight excluding hydrogens is 440 g/mol. The molecule has 1 fully saturated rings. The predicted molar refractivity (Wildman–Crippen MR) is 129 cm³/mol. The van der Waals surface area contributed by atoms with Gasteiger partial charge in [0.05, 0.1) is 18.5 Å². The summed E-state index contributed by atoms with van der Waals surface area (Å²) in [6.45, 7) is 5.41. The average Bonchev–Trinajstić information content (AvgIpc) is 2.78. The summed E-state index contributed by atoms with van der Waals surface area (Å²) in [4.78, 5) is 11.2. The van der Waals surface area contributed by atoms with Gasteiger partial charge < -0.3 is 15.2 Å². The third-order valence-electron chi connectivity index (χ3n) is 6.14. The van der Waals surface area contributed by atoms with Crippen LogP contribution < -0.4 is 5.32 Å². The molecule has 1 saturated heterocycles. The Morgan fingerprint density at radius 1 is 1.15 bits per heavy atom. The minimum Gasteiger partial charge on any atom is -0.465 e. The summed E-state index contributed by atoms with van der Waals surface area (Å²) >= 11 is 0. The fourth-order valence-electron chi connectivity index (χ4n) is 4.16. The first-order valence-electron chi connectivity index (χ1n) is 11.4. The molecule has 3 rings (SSSR count). The summed E-state index contributed by atoms with van der Waals surface area (Å²) < 4.78 is 33.6. The Labute approximate surface area is 196 Å². The Hall–Kier alpha value is -2.42. The van der Waals surface area contributed by atoms with E-state index in [9.17, 15) is 18.3 Å². The second-order valence-electron chi connectivity index (χ2n) is 8.79.